The summed E-state index contributed by atoms with van der Waals surface area (Å²) in [6.45, 7) is 2.34. The summed E-state index contributed by atoms with van der Waals surface area (Å²) in [4.78, 5) is 4.71. The summed E-state index contributed by atoms with van der Waals surface area (Å²) in [5.74, 6) is 0.305. The fourth-order valence-corrected chi connectivity index (χ4v) is 1.50. The molecule has 2 N–H and O–H groups in total. The van der Waals surface area contributed by atoms with Crippen LogP contribution in [0.5, 0.6) is 5.75 Å². The van der Waals surface area contributed by atoms with Crippen LogP contribution < -0.4 is 5.48 Å². The largest absolute Gasteiger partial charge is 0.507 e. The number of benzene rings is 1. The van der Waals surface area contributed by atoms with Crippen molar-refractivity contribution in [3.63, 3.8) is 0 Å². The normalized spacial score (nSPS) is 10.4. The first kappa shape index (κ1) is 10.5. The fourth-order valence-electron chi connectivity index (χ4n) is 1.04. The van der Waals surface area contributed by atoms with Crippen LogP contribution in [0.25, 0.3) is 0 Å². The van der Waals surface area contributed by atoms with Gasteiger partial charge in [-0.25, -0.2) is 0 Å². The first-order chi connectivity index (χ1) is 6.16. The van der Waals surface area contributed by atoms with Crippen molar-refractivity contribution in [1.29, 1.82) is 0 Å². The third kappa shape index (κ3) is 2.43. The summed E-state index contributed by atoms with van der Waals surface area (Å²) in [6, 6.07) is 3.76. The zero-order valence-electron chi connectivity index (χ0n) is 7.60. The number of phenolic OH excluding ortho intramolecular Hbond substituents is 1. The molecule has 4 heteroatoms. The molecule has 0 fully saturated rings. The zero-order valence-corrected chi connectivity index (χ0v) is 9.18. The Bertz CT molecular complexity index is 302. The lowest BCUT2D eigenvalue weighted by atomic mass is 10.1. The van der Waals surface area contributed by atoms with E-state index >= 15 is 0 Å². The summed E-state index contributed by atoms with van der Waals surface area (Å²) < 4.78 is 0.875. The van der Waals surface area contributed by atoms with Crippen LogP contribution in [0.3, 0.4) is 0 Å². The Labute approximate surface area is 85.8 Å². The molecule has 0 bridgehead atoms. The van der Waals surface area contributed by atoms with Gasteiger partial charge in [0.25, 0.3) is 0 Å². The Morgan fingerprint density at radius 2 is 2.23 bits per heavy atom. The quantitative estimate of drug-likeness (QED) is 0.802. The first-order valence-electron chi connectivity index (χ1n) is 3.89. The zero-order chi connectivity index (χ0) is 9.84. The van der Waals surface area contributed by atoms with Gasteiger partial charge in [-0.2, -0.15) is 5.48 Å². The molecule has 0 radical (unpaired) electrons. The molecule has 0 aliphatic rings. The summed E-state index contributed by atoms with van der Waals surface area (Å²) in [5.41, 5.74) is 4.35. The molecule has 0 aliphatic carbocycles. The molecule has 0 spiro atoms. The van der Waals surface area contributed by atoms with Crippen molar-refractivity contribution in [2.45, 2.75) is 13.5 Å². The highest BCUT2D eigenvalue weighted by molar-refractivity contribution is 9.10. The van der Waals surface area contributed by atoms with Gasteiger partial charge in [0.1, 0.15) is 5.75 Å². The van der Waals surface area contributed by atoms with Crippen LogP contribution in [0.1, 0.15) is 11.1 Å². The van der Waals surface area contributed by atoms with Crippen LogP contribution in [0.15, 0.2) is 16.6 Å². The van der Waals surface area contributed by atoms with Gasteiger partial charge in [-0.05, 0) is 18.6 Å². The Balaban J connectivity index is 2.96. The number of aryl methyl sites for hydroxylation is 1. The number of hydroxylamine groups is 1. The van der Waals surface area contributed by atoms with Gasteiger partial charge >= 0.3 is 0 Å². The van der Waals surface area contributed by atoms with E-state index in [0.29, 0.717) is 12.3 Å². The molecule has 0 saturated carbocycles. The van der Waals surface area contributed by atoms with Gasteiger partial charge in [-0.1, -0.05) is 22.0 Å². The minimum atomic E-state index is 0.305. The van der Waals surface area contributed by atoms with E-state index in [0.717, 1.165) is 15.6 Å². The fraction of sp³-hybridized carbons (Fsp3) is 0.333. The van der Waals surface area contributed by atoms with E-state index < -0.39 is 0 Å². The summed E-state index contributed by atoms with van der Waals surface area (Å²) in [7, 11) is 1.54. The lowest BCUT2D eigenvalue weighted by Crippen LogP contribution is -2.11. The number of hydrogen-bond acceptors (Lipinski definition) is 3. The monoisotopic (exact) mass is 245 g/mol. The number of hydrogen-bond donors (Lipinski definition) is 2. The van der Waals surface area contributed by atoms with Crippen molar-refractivity contribution in [3.05, 3.63) is 27.7 Å². The number of halogens is 1. The SMILES string of the molecule is CONCc1c(Br)ccc(C)c1O. The van der Waals surface area contributed by atoms with Crippen LogP contribution in [-0.4, -0.2) is 12.2 Å². The number of phenols is 1. The number of rotatable bonds is 3. The second kappa shape index (κ2) is 4.60. The molecule has 0 aliphatic heterocycles. The van der Waals surface area contributed by atoms with Gasteiger partial charge in [0.2, 0.25) is 0 Å². The molecule has 0 heterocycles. The second-order valence-electron chi connectivity index (χ2n) is 2.72. The van der Waals surface area contributed by atoms with Crippen LogP contribution in [0.4, 0.5) is 0 Å². The molecule has 3 nitrogen and oxygen atoms in total. The van der Waals surface area contributed by atoms with Crippen molar-refractivity contribution in [3.8, 4) is 5.75 Å². The predicted octanol–water partition coefficient (Wildman–Crippen LogP) is 2.11. The van der Waals surface area contributed by atoms with E-state index in [9.17, 15) is 5.11 Å². The van der Waals surface area contributed by atoms with E-state index in [-0.39, 0.29) is 0 Å². The van der Waals surface area contributed by atoms with Crippen LogP contribution in [0, 0.1) is 6.92 Å². The summed E-state index contributed by atoms with van der Waals surface area (Å²) in [6.07, 6.45) is 0. The topological polar surface area (TPSA) is 41.5 Å². The first-order valence-corrected chi connectivity index (χ1v) is 4.69. The molecule has 13 heavy (non-hydrogen) atoms. The van der Waals surface area contributed by atoms with Gasteiger partial charge < -0.3 is 9.94 Å². The highest BCUT2D eigenvalue weighted by Crippen LogP contribution is 2.28. The van der Waals surface area contributed by atoms with Crippen molar-refractivity contribution in [2.75, 3.05) is 7.11 Å². The average molecular weight is 246 g/mol. The van der Waals surface area contributed by atoms with Gasteiger partial charge in [-0.3, -0.25) is 0 Å². The van der Waals surface area contributed by atoms with Crippen LogP contribution in [-0.2, 0) is 11.4 Å². The molecule has 1 rings (SSSR count). The minimum absolute atomic E-state index is 0.305. The van der Waals surface area contributed by atoms with Gasteiger partial charge in [0.05, 0.1) is 13.7 Å². The molecule has 0 aromatic heterocycles. The second-order valence-corrected chi connectivity index (χ2v) is 3.57. The van der Waals surface area contributed by atoms with Gasteiger partial charge in [0, 0.05) is 10.0 Å². The number of nitrogens with one attached hydrogen (secondary N) is 1. The smallest absolute Gasteiger partial charge is 0.124 e. The third-order valence-corrected chi connectivity index (χ3v) is 2.56. The van der Waals surface area contributed by atoms with Crippen molar-refractivity contribution in [1.82, 2.24) is 5.48 Å². The van der Waals surface area contributed by atoms with Crippen LogP contribution in [0.2, 0.25) is 0 Å². The predicted molar refractivity (Wildman–Crippen MR) is 54.4 cm³/mol. The lowest BCUT2D eigenvalue weighted by Gasteiger charge is -2.09. The highest BCUT2D eigenvalue weighted by Gasteiger charge is 2.07. The minimum Gasteiger partial charge on any atom is -0.507 e. The van der Waals surface area contributed by atoms with E-state index in [1.165, 1.54) is 0 Å². The maximum absolute atomic E-state index is 9.68. The average Bonchev–Trinajstić information content (AvgIpc) is 2.12. The van der Waals surface area contributed by atoms with Crippen LogP contribution >= 0.6 is 15.9 Å². The standard InChI is InChI=1S/C9H12BrNO2/c1-6-3-4-8(10)7(9(6)12)5-11-13-2/h3-4,11-12H,5H2,1-2H3. The van der Waals surface area contributed by atoms with Gasteiger partial charge in [0.15, 0.2) is 0 Å². The maximum Gasteiger partial charge on any atom is 0.124 e. The highest BCUT2D eigenvalue weighted by atomic mass is 79.9. The van der Waals surface area contributed by atoms with E-state index in [1.54, 1.807) is 7.11 Å². The Morgan fingerprint density at radius 1 is 1.54 bits per heavy atom. The van der Waals surface area contributed by atoms with Crippen molar-refractivity contribution in [2.24, 2.45) is 0 Å². The lowest BCUT2D eigenvalue weighted by molar-refractivity contribution is 0.0860. The summed E-state index contributed by atoms with van der Waals surface area (Å²) in [5, 5.41) is 9.68. The molecule has 0 unspecified atom stereocenters. The van der Waals surface area contributed by atoms with Gasteiger partial charge in [-0.15, -0.1) is 0 Å². The molecular weight excluding hydrogens is 234 g/mol. The molecule has 0 amide bonds. The molecule has 0 atom stereocenters. The van der Waals surface area contributed by atoms with E-state index in [2.05, 4.69) is 21.4 Å². The summed E-state index contributed by atoms with van der Waals surface area (Å²) >= 11 is 3.36. The Hall–Kier alpha value is -0.580. The van der Waals surface area contributed by atoms with Crippen molar-refractivity contribution >= 4 is 15.9 Å². The molecular formula is C9H12BrNO2. The van der Waals surface area contributed by atoms with E-state index in [4.69, 9.17) is 4.84 Å². The maximum atomic E-state index is 9.68. The molecule has 1 aromatic rings. The number of aromatic hydroxyl groups is 1. The Morgan fingerprint density at radius 3 is 2.85 bits per heavy atom. The van der Waals surface area contributed by atoms with E-state index in [1.807, 2.05) is 19.1 Å². The molecule has 0 saturated heterocycles. The molecule has 1 aromatic carbocycles. The van der Waals surface area contributed by atoms with Crippen molar-refractivity contribution < 1.29 is 9.94 Å². The third-order valence-electron chi connectivity index (χ3n) is 1.82. The Kier molecular flexibility index (Phi) is 3.71. The molecule has 72 valence electrons.